The summed E-state index contributed by atoms with van der Waals surface area (Å²) in [5, 5.41) is 13.9. The van der Waals surface area contributed by atoms with Gasteiger partial charge in [-0.3, -0.25) is 9.59 Å². The predicted octanol–water partition coefficient (Wildman–Crippen LogP) is 6.28. The lowest BCUT2D eigenvalue weighted by molar-refractivity contribution is -0.136. The number of nitrogens with zero attached hydrogens (tertiary/aromatic N) is 1. The minimum Gasteiger partial charge on any atom is -0.375 e. The van der Waals surface area contributed by atoms with Gasteiger partial charge in [0.15, 0.2) is 11.4 Å². The third-order valence-electron chi connectivity index (χ3n) is 7.09. The van der Waals surface area contributed by atoms with Gasteiger partial charge < -0.3 is 10.0 Å². The number of Topliss-reactive ketones (excluding diaryl/α,β-unsaturated/α-hetero) is 1. The fourth-order valence-corrected chi connectivity index (χ4v) is 5.06. The molecule has 4 nitrogen and oxygen atoms in total. The molecule has 1 N–H and O–H groups in total. The van der Waals surface area contributed by atoms with E-state index >= 15 is 0 Å². The standard InChI is InChI=1S/C31H29NO3/c1-20(2)23-16-15-21(3)26(17-23)29(33)18-31(35)27-13-6-7-14-28(27)32(30(31)34)19-24-11-8-10-22-9-4-5-12-25(22)24/h4-17,20,35H,18-19H2,1-3H3. The van der Waals surface area contributed by atoms with Crippen LogP contribution in [0.3, 0.4) is 0 Å². The van der Waals surface area contributed by atoms with Crippen molar-refractivity contribution in [1.82, 2.24) is 0 Å². The number of hydrogen-bond donors (Lipinski definition) is 1. The first kappa shape index (κ1) is 23.0. The summed E-state index contributed by atoms with van der Waals surface area (Å²) in [7, 11) is 0. The second kappa shape index (κ2) is 8.79. The monoisotopic (exact) mass is 463 g/mol. The van der Waals surface area contributed by atoms with E-state index < -0.39 is 11.5 Å². The second-order valence-electron chi connectivity index (χ2n) is 9.74. The number of fused-ring (bicyclic) bond motifs is 2. The molecular weight excluding hydrogens is 434 g/mol. The number of amides is 1. The van der Waals surface area contributed by atoms with Gasteiger partial charge in [0.05, 0.1) is 18.7 Å². The van der Waals surface area contributed by atoms with Gasteiger partial charge in [-0.05, 0) is 52.4 Å². The van der Waals surface area contributed by atoms with Crippen molar-refractivity contribution < 1.29 is 14.7 Å². The fourth-order valence-electron chi connectivity index (χ4n) is 5.06. The quantitative estimate of drug-likeness (QED) is 0.343. The Morgan fingerprint density at radius 1 is 0.943 bits per heavy atom. The molecule has 1 aliphatic rings. The smallest absolute Gasteiger partial charge is 0.264 e. The number of para-hydroxylation sites is 1. The maximum absolute atomic E-state index is 13.8. The van der Waals surface area contributed by atoms with Gasteiger partial charge in [-0.2, -0.15) is 0 Å². The molecule has 1 unspecified atom stereocenters. The highest BCUT2D eigenvalue weighted by Gasteiger charge is 2.50. The van der Waals surface area contributed by atoms with Crippen LogP contribution < -0.4 is 4.90 Å². The van der Waals surface area contributed by atoms with Crippen LogP contribution in [0.2, 0.25) is 0 Å². The summed E-state index contributed by atoms with van der Waals surface area (Å²) in [6.07, 6.45) is -0.294. The molecule has 0 radical (unpaired) electrons. The third kappa shape index (κ3) is 3.94. The van der Waals surface area contributed by atoms with Gasteiger partial charge in [0.25, 0.3) is 5.91 Å². The number of anilines is 1. The Balaban J connectivity index is 1.52. The molecule has 35 heavy (non-hydrogen) atoms. The number of aryl methyl sites for hydroxylation is 1. The number of rotatable bonds is 6. The molecule has 0 fully saturated rings. The van der Waals surface area contributed by atoms with Crippen LogP contribution in [0.1, 0.15) is 58.8 Å². The van der Waals surface area contributed by atoms with Gasteiger partial charge in [-0.15, -0.1) is 0 Å². The van der Waals surface area contributed by atoms with Gasteiger partial charge in [0.2, 0.25) is 0 Å². The summed E-state index contributed by atoms with van der Waals surface area (Å²) in [5.74, 6) is -0.421. The second-order valence-corrected chi connectivity index (χ2v) is 9.74. The minimum atomic E-state index is -1.90. The molecule has 4 heteroatoms. The highest BCUT2D eigenvalue weighted by molar-refractivity contribution is 6.11. The van der Waals surface area contributed by atoms with Crippen LogP contribution in [0, 0.1) is 6.92 Å². The molecule has 0 aromatic heterocycles. The molecule has 0 saturated carbocycles. The van der Waals surface area contributed by atoms with Crippen molar-refractivity contribution >= 4 is 28.2 Å². The Hall–Kier alpha value is -3.76. The Morgan fingerprint density at radius 2 is 1.66 bits per heavy atom. The minimum absolute atomic E-state index is 0.234. The SMILES string of the molecule is Cc1ccc(C(C)C)cc1C(=O)CC1(O)C(=O)N(Cc2cccc3ccccc23)c2ccccc21. The van der Waals surface area contributed by atoms with E-state index in [4.69, 9.17) is 0 Å². The molecule has 4 aromatic rings. The first-order valence-electron chi connectivity index (χ1n) is 12.0. The van der Waals surface area contributed by atoms with Crippen LogP contribution >= 0.6 is 0 Å². The Bertz CT molecular complexity index is 1450. The van der Waals surface area contributed by atoms with E-state index in [2.05, 4.69) is 13.8 Å². The zero-order valence-corrected chi connectivity index (χ0v) is 20.3. The van der Waals surface area contributed by atoms with Gasteiger partial charge in [-0.25, -0.2) is 0 Å². The van der Waals surface area contributed by atoms with Crippen molar-refractivity contribution in [2.45, 2.75) is 45.3 Å². The van der Waals surface area contributed by atoms with Gasteiger partial charge in [0, 0.05) is 11.1 Å². The number of carbonyl (C=O) groups is 2. The van der Waals surface area contributed by atoms with E-state index in [1.54, 1.807) is 17.0 Å². The van der Waals surface area contributed by atoms with E-state index in [1.807, 2.05) is 79.7 Å². The van der Waals surface area contributed by atoms with Crippen LogP contribution in [0.4, 0.5) is 5.69 Å². The Labute approximate surface area is 205 Å². The lowest BCUT2D eigenvalue weighted by Crippen LogP contribution is -2.41. The van der Waals surface area contributed by atoms with Crippen LogP contribution in [0.5, 0.6) is 0 Å². The molecule has 1 aliphatic heterocycles. The number of carbonyl (C=O) groups excluding carboxylic acids is 2. The average Bonchev–Trinajstić information content (AvgIpc) is 3.06. The van der Waals surface area contributed by atoms with Gasteiger partial charge >= 0.3 is 0 Å². The van der Waals surface area contributed by atoms with Crippen LogP contribution in [-0.2, 0) is 16.9 Å². The van der Waals surface area contributed by atoms with Crippen molar-refractivity contribution in [1.29, 1.82) is 0 Å². The van der Waals surface area contributed by atoms with Crippen molar-refractivity contribution in [3.05, 3.63) is 113 Å². The largest absolute Gasteiger partial charge is 0.375 e. The highest BCUT2D eigenvalue weighted by Crippen LogP contribution is 2.44. The molecule has 5 rings (SSSR count). The van der Waals surface area contributed by atoms with Crippen molar-refractivity contribution in [2.24, 2.45) is 0 Å². The van der Waals surface area contributed by atoms with Crippen molar-refractivity contribution in [2.75, 3.05) is 4.90 Å². The van der Waals surface area contributed by atoms with E-state index in [1.165, 1.54) is 0 Å². The van der Waals surface area contributed by atoms with Crippen LogP contribution in [0.25, 0.3) is 10.8 Å². The summed E-state index contributed by atoms with van der Waals surface area (Å²) < 4.78 is 0. The molecule has 176 valence electrons. The number of benzene rings is 4. The van der Waals surface area contributed by atoms with Crippen molar-refractivity contribution in [3.8, 4) is 0 Å². The van der Waals surface area contributed by atoms with Crippen LogP contribution in [0.15, 0.2) is 84.9 Å². The number of aliphatic hydroxyl groups is 1. The predicted molar refractivity (Wildman–Crippen MR) is 140 cm³/mol. The van der Waals surface area contributed by atoms with Crippen LogP contribution in [-0.4, -0.2) is 16.8 Å². The first-order chi connectivity index (χ1) is 16.8. The lowest BCUT2D eigenvalue weighted by Gasteiger charge is -2.24. The van der Waals surface area contributed by atoms with Crippen molar-refractivity contribution in [3.63, 3.8) is 0 Å². The normalized spacial score (nSPS) is 17.3. The van der Waals surface area contributed by atoms with E-state index in [-0.39, 0.29) is 18.1 Å². The zero-order valence-electron chi connectivity index (χ0n) is 20.3. The Kier molecular flexibility index (Phi) is 5.78. The molecule has 4 aromatic carbocycles. The lowest BCUT2D eigenvalue weighted by atomic mass is 9.86. The number of hydrogen-bond acceptors (Lipinski definition) is 3. The molecule has 0 aliphatic carbocycles. The van der Waals surface area contributed by atoms with E-state index in [9.17, 15) is 14.7 Å². The van der Waals surface area contributed by atoms with E-state index in [0.29, 0.717) is 23.4 Å². The van der Waals surface area contributed by atoms with Gasteiger partial charge in [-0.1, -0.05) is 86.6 Å². The van der Waals surface area contributed by atoms with Gasteiger partial charge in [0.1, 0.15) is 0 Å². The fraction of sp³-hybridized carbons (Fsp3) is 0.226. The summed E-state index contributed by atoms with van der Waals surface area (Å²) in [6, 6.07) is 27.2. The highest BCUT2D eigenvalue weighted by atomic mass is 16.3. The zero-order chi connectivity index (χ0) is 24.7. The maximum Gasteiger partial charge on any atom is 0.264 e. The summed E-state index contributed by atoms with van der Waals surface area (Å²) in [5.41, 5.74) is 2.67. The molecule has 0 bridgehead atoms. The maximum atomic E-state index is 13.8. The molecule has 0 saturated heterocycles. The molecular formula is C31H29NO3. The number of ketones is 1. The van der Waals surface area contributed by atoms with E-state index in [0.717, 1.165) is 27.5 Å². The molecule has 0 spiro atoms. The topological polar surface area (TPSA) is 57.6 Å². The average molecular weight is 464 g/mol. The molecule has 1 atom stereocenters. The summed E-state index contributed by atoms with van der Waals surface area (Å²) >= 11 is 0. The third-order valence-corrected chi connectivity index (χ3v) is 7.09. The molecule has 1 amide bonds. The summed E-state index contributed by atoms with van der Waals surface area (Å²) in [4.78, 5) is 28.9. The molecule has 1 heterocycles. The summed E-state index contributed by atoms with van der Waals surface area (Å²) in [6.45, 7) is 6.36. The Morgan fingerprint density at radius 3 is 2.46 bits per heavy atom. The first-order valence-corrected chi connectivity index (χ1v) is 12.0.